The third-order valence-electron chi connectivity index (χ3n) is 12.9. The van der Waals surface area contributed by atoms with Crippen molar-refractivity contribution in [2.45, 2.75) is 0 Å². The number of aromatic nitrogens is 1. The second kappa shape index (κ2) is 17.8. The van der Waals surface area contributed by atoms with Gasteiger partial charge in [-0.3, -0.25) is 0 Å². The van der Waals surface area contributed by atoms with E-state index in [9.17, 15) is 5.48 Å². The van der Waals surface area contributed by atoms with E-state index in [0.717, 1.165) is 83.1 Å². The van der Waals surface area contributed by atoms with Crippen LogP contribution in [0.15, 0.2) is 279 Å². The summed E-state index contributed by atoms with van der Waals surface area (Å²) in [6.07, 6.45) is 0. The van der Waals surface area contributed by atoms with Crippen LogP contribution in [-0.4, -0.2) is 4.57 Å². The molecule has 0 radical (unpaired) electrons. The van der Waals surface area contributed by atoms with E-state index in [0.29, 0.717) is 16.9 Å². The van der Waals surface area contributed by atoms with Gasteiger partial charge in [0.25, 0.3) is 0 Å². The van der Waals surface area contributed by atoms with Crippen LogP contribution in [0.1, 0.15) is 5.48 Å². The summed E-state index contributed by atoms with van der Waals surface area (Å²) in [4.78, 5) is 1.86. The van der Waals surface area contributed by atoms with Crippen LogP contribution in [0.4, 0.5) is 17.1 Å². The average molecular weight is 871 g/mol. The Hall–Kier alpha value is -8.98. The number of fused-ring (bicyclic) bond motifs is 3. The lowest BCUT2D eigenvalue weighted by Gasteiger charge is -2.26. The van der Waals surface area contributed by atoms with Gasteiger partial charge in [-0.1, -0.05) is 212 Å². The molecular formula is C66H46N2. The second-order valence-corrected chi connectivity index (χ2v) is 17.0. The quantitative estimate of drug-likeness (QED) is 0.133. The summed E-state index contributed by atoms with van der Waals surface area (Å²) in [7, 11) is 0. The third kappa shape index (κ3) is 7.74. The van der Waals surface area contributed by atoms with Crippen LogP contribution in [0.25, 0.3) is 94.3 Å². The highest BCUT2D eigenvalue weighted by Gasteiger charge is 2.18. The Kier molecular flexibility index (Phi) is 9.48. The average Bonchev–Trinajstić information content (AvgIpc) is 3.78. The van der Waals surface area contributed by atoms with Gasteiger partial charge in [-0.05, 0) is 128 Å². The zero-order valence-corrected chi connectivity index (χ0v) is 37.1. The Balaban J connectivity index is 0.965. The molecule has 2 heteroatoms. The van der Waals surface area contributed by atoms with Crippen LogP contribution in [0, 0.1) is 0 Å². The van der Waals surface area contributed by atoms with E-state index in [4.69, 9.17) is 0 Å². The maximum absolute atomic E-state index is 9.78. The Morgan fingerprint density at radius 3 is 1.28 bits per heavy atom. The Morgan fingerprint density at radius 2 is 0.676 bits per heavy atom. The number of para-hydroxylation sites is 2. The number of hydrogen-bond donors (Lipinski definition) is 0. The highest BCUT2D eigenvalue weighted by atomic mass is 15.1. The van der Waals surface area contributed by atoms with Crippen molar-refractivity contribution in [3.63, 3.8) is 0 Å². The number of benzene rings is 11. The fourth-order valence-corrected chi connectivity index (χ4v) is 9.49. The second-order valence-electron chi connectivity index (χ2n) is 17.0. The first-order valence-electron chi connectivity index (χ1n) is 25.0. The van der Waals surface area contributed by atoms with Crippen LogP contribution >= 0.6 is 0 Å². The van der Waals surface area contributed by atoms with Crippen LogP contribution in [0.3, 0.4) is 0 Å². The SMILES string of the molecule is [2H]c1c([2H])c(N(c2ccc(-c3ccc(-c4ccccc4)cc3)cc2)c2ccc(-c3cccc(-c4ccccc4)c3)cc2)c([2H])c([2H])c1-c1ccc2c(c1)c1ccccc1n2-c1ccccc1-c1ccccc1. The fourth-order valence-electron chi connectivity index (χ4n) is 9.49. The van der Waals surface area contributed by atoms with Crippen molar-refractivity contribution in [2.24, 2.45) is 0 Å². The first kappa shape index (κ1) is 36.3. The van der Waals surface area contributed by atoms with E-state index in [1.165, 1.54) is 0 Å². The van der Waals surface area contributed by atoms with Crippen molar-refractivity contribution >= 4 is 38.9 Å². The first-order chi connectivity index (χ1) is 35.4. The van der Waals surface area contributed by atoms with E-state index in [1.807, 2.05) is 102 Å². The molecule has 0 aliphatic rings. The van der Waals surface area contributed by atoms with Gasteiger partial charge in [0.15, 0.2) is 0 Å². The van der Waals surface area contributed by atoms with Gasteiger partial charge in [-0.2, -0.15) is 0 Å². The summed E-state index contributed by atoms with van der Waals surface area (Å²) in [5.41, 5.74) is 16.4. The number of nitrogens with zero attached hydrogens (tertiary/aromatic N) is 2. The zero-order valence-electron chi connectivity index (χ0n) is 41.1. The predicted octanol–water partition coefficient (Wildman–Crippen LogP) is 18.3. The molecule has 0 aliphatic heterocycles. The molecule has 0 amide bonds. The van der Waals surface area contributed by atoms with E-state index in [2.05, 4.69) is 162 Å². The molecule has 0 fully saturated rings. The molecule has 1 heterocycles. The van der Waals surface area contributed by atoms with Gasteiger partial charge < -0.3 is 9.47 Å². The summed E-state index contributed by atoms with van der Waals surface area (Å²) in [6.45, 7) is 0. The van der Waals surface area contributed by atoms with E-state index < -0.39 is 0 Å². The molecule has 0 bridgehead atoms. The van der Waals surface area contributed by atoms with Crippen molar-refractivity contribution in [3.8, 4) is 72.4 Å². The molecule has 0 aliphatic carbocycles. The minimum Gasteiger partial charge on any atom is -0.311 e. The van der Waals surface area contributed by atoms with E-state index in [-0.39, 0.29) is 35.4 Å². The standard InChI is InChI=1S/C66H46N2/c1-4-15-47(16-5-1)49-27-29-50(30-28-49)51-31-38-58(39-32-51)67(59-40-33-52(34-41-59)56-22-14-21-55(45-56)48-17-6-2-7-18-48)60-42-35-53(36-43-60)57-37-44-66-63(46-57)62-24-11-13-26-65(62)68(66)64-25-12-10-23-61(64)54-19-8-3-9-20-54/h1-46H/i35D,36D,42D,43D. The molecule has 0 unspecified atom stereocenters. The largest absolute Gasteiger partial charge is 0.311 e. The third-order valence-corrected chi connectivity index (χ3v) is 12.9. The Morgan fingerprint density at radius 1 is 0.265 bits per heavy atom. The van der Waals surface area contributed by atoms with E-state index in [1.54, 1.807) is 0 Å². The maximum Gasteiger partial charge on any atom is 0.0645 e. The molecule has 320 valence electrons. The van der Waals surface area contributed by atoms with Crippen LogP contribution in [0.5, 0.6) is 0 Å². The smallest absolute Gasteiger partial charge is 0.0645 e. The number of rotatable bonds is 10. The molecule has 12 aromatic rings. The van der Waals surface area contributed by atoms with Crippen molar-refractivity contribution in [3.05, 3.63) is 279 Å². The summed E-state index contributed by atoms with van der Waals surface area (Å²) in [5, 5.41) is 1.99. The van der Waals surface area contributed by atoms with Gasteiger partial charge >= 0.3 is 0 Å². The summed E-state index contributed by atoms with van der Waals surface area (Å²) >= 11 is 0. The summed E-state index contributed by atoms with van der Waals surface area (Å²) in [5.74, 6) is 0. The molecule has 12 rings (SSSR count). The lowest BCUT2D eigenvalue weighted by atomic mass is 9.98. The number of hydrogen-bond acceptors (Lipinski definition) is 1. The molecular weight excluding hydrogens is 821 g/mol. The maximum atomic E-state index is 9.78. The molecule has 0 atom stereocenters. The monoisotopic (exact) mass is 870 g/mol. The van der Waals surface area contributed by atoms with Gasteiger partial charge in [0.2, 0.25) is 0 Å². The lowest BCUT2D eigenvalue weighted by molar-refractivity contribution is 1.18. The van der Waals surface area contributed by atoms with Gasteiger partial charge in [0.05, 0.1) is 22.2 Å². The van der Waals surface area contributed by atoms with Crippen LogP contribution in [0.2, 0.25) is 0 Å². The molecule has 2 nitrogen and oxygen atoms in total. The highest BCUT2D eigenvalue weighted by molar-refractivity contribution is 6.11. The topological polar surface area (TPSA) is 8.17 Å². The molecule has 0 saturated heterocycles. The minimum atomic E-state index is -0.134. The van der Waals surface area contributed by atoms with Gasteiger partial charge in [0, 0.05) is 33.4 Å². The molecule has 0 spiro atoms. The van der Waals surface area contributed by atoms with Crippen LogP contribution in [-0.2, 0) is 0 Å². The van der Waals surface area contributed by atoms with Crippen molar-refractivity contribution in [1.82, 2.24) is 4.57 Å². The predicted molar refractivity (Wildman–Crippen MR) is 288 cm³/mol. The van der Waals surface area contributed by atoms with Gasteiger partial charge in [-0.25, -0.2) is 0 Å². The minimum absolute atomic E-state index is 0.113. The lowest BCUT2D eigenvalue weighted by Crippen LogP contribution is -2.09. The Labute approximate surface area is 403 Å². The number of anilines is 3. The van der Waals surface area contributed by atoms with Crippen LogP contribution < -0.4 is 4.90 Å². The summed E-state index contributed by atoms with van der Waals surface area (Å²) in [6, 6.07) is 86.5. The molecule has 1 aromatic heterocycles. The van der Waals surface area contributed by atoms with E-state index >= 15 is 0 Å². The first-order valence-corrected chi connectivity index (χ1v) is 23.0. The summed E-state index contributed by atoms with van der Waals surface area (Å²) < 4.78 is 41.3. The molecule has 0 saturated carbocycles. The Bertz CT molecular complexity index is 3900. The van der Waals surface area contributed by atoms with Gasteiger partial charge in [0.1, 0.15) is 0 Å². The zero-order chi connectivity index (χ0) is 48.7. The molecule has 68 heavy (non-hydrogen) atoms. The van der Waals surface area contributed by atoms with Gasteiger partial charge in [-0.15, -0.1) is 0 Å². The molecule has 0 N–H and O–H groups in total. The van der Waals surface area contributed by atoms with Crippen molar-refractivity contribution in [2.75, 3.05) is 4.90 Å². The van der Waals surface area contributed by atoms with Crippen molar-refractivity contribution in [1.29, 1.82) is 0 Å². The van der Waals surface area contributed by atoms with Crippen molar-refractivity contribution < 1.29 is 5.48 Å². The highest BCUT2D eigenvalue weighted by Crippen LogP contribution is 2.41. The fraction of sp³-hybridized carbons (Fsp3) is 0. The normalized spacial score (nSPS) is 12.1. The molecule has 11 aromatic carbocycles.